The molecule has 0 aliphatic heterocycles. The molecule has 0 saturated carbocycles. The molecule has 0 saturated heterocycles. The number of rotatable bonds is 7. The minimum atomic E-state index is -1.01. The van der Waals surface area contributed by atoms with E-state index in [1.54, 1.807) is 24.3 Å². The van der Waals surface area contributed by atoms with Crippen molar-refractivity contribution in [3.05, 3.63) is 35.9 Å². The summed E-state index contributed by atoms with van der Waals surface area (Å²) >= 11 is 0. The van der Waals surface area contributed by atoms with Crippen LogP contribution in [0.3, 0.4) is 0 Å². The lowest BCUT2D eigenvalue weighted by atomic mass is 9.99. The van der Waals surface area contributed by atoms with Crippen LogP contribution in [0.25, 0.3) is 0 Å². The van der Waals surface area contributed by atoms with Crippen molar-refractivity contribution >= 4 is 11.9 Å². The van der Waals surface area contributed by atoms with Crippen molar-refractivity contribution in [3.63, 3.8) is 0 Å². The second-order valence-corrected chi connectivity index (χ2v) is 5.89. The Morgan fingerprint density at radius 1 is 0.857 bits per heavy atom. The summed E-state index contributed by atoms with van der Waals surface area (Å²) in [5, 5.41) is 0. The molecule has 0 aliphatic carbocycles. The van der Waals surface area contributed by atoms with Gasteiger partial charge in [0.05, 0.1) is 13.2 Å². The maximum Gasteiger partial charge on any atom is 0.324 e. The summed E-state index contributed by atoms with van der Waals surface area (Å²) < 4.78 is 10.4. The Hall–Kier alpha value is -1.84. The van der Waals surface area contributed by atoms with Crippen LogP contribution in [0, 0.1) is 11.8 Å². The van der Waals surface area contributed by atoms with Crippen molar-refractivity contribution in [1.29, 1.82) is 0 Å². The summed E-state index contributed by atoms with van der Waals surface area (Å²) in [4.78, 5) is 24.4. The van der Waals surface area contributed by atoms with Crippen molar-refractivity contribution in [2.45, 2.75) is 33.6 Å². The average molecular weight is 292 g/mol. The zero-order chi connectivity index (χ0) is 15.8. The molecule has 116 valence electrons. The van der Waals surface area contributed by atoms with Crippen LogP contribution in [0.4, 0.5) is 0 Å². The molecule has 0 atom stereocenters. The van der Waals surface area contributed by atoms with E-state index in [9.17, 15) is 9.59 Å². The number of benzene rings is 1. The summed E-state index contributed by atoms with van der Waals surface area (Å²) in [6.45, 7) is 8.37. The fourth-order valence-corrected chi connectivity index (χ4v) is 1.68. The second kappa shape index (κ2) is 8.45. The van der Waals surface area contributed by atoms with E-state index >= 15 is 0 Å². The van der Waals surface area contributed by atoms with Gasteiger partial charge in [-0.25, -0.2) is 0 Å². The lowest BCUT2D eigenvalue weighted by Gasteiger charge is -2.17. The minimum Gasteiger partial charge on any atom is -0.465 e. The van der Waals surface area contributed by atoms with Gasteiger partial charge in [0.2, 0.25) is 0 Å². The van der Waals surface area contributed by atoms with E-state index in [4.69, 9.17) is 9.47 Å². The lowest BCUT2D eigenvalue weighted by Crippen LogP contribution is -2.28. The molecule has 0 aromatic heterocycles. The van der Waals surface area contributed by atoms with Crippen LogP contribution in [0.1, 0.15) is 39.2 Å². The SMILES string of the molecule is CC(C)COC(=O)C(C(=O)OCC(C)C)c1ccccc1. The fourth-order valence-electron chi connectivity index (χ4n) is 1.68. The molecule has 0 unspecified atom stereocenters. The van der Waals surface area contributed by atoms with Gasteiger partial charge in [-0.05, 0) is 17.4 Å². The summed E-state index contributed by atoms with van der Waals surface area (Å²) in [5.74, 6) is -1.68. The van der Waals surface area contributed by atoms with Crippen LogP contribution in [-0.2, 0) is 19.1 Å². The number of carbonyl (C=O) groups is 2. The molecule has 0 radical (unpaired) electrons. The van der Waals surface area contributed by atoms with Crippen LogP contribution >= 0.6 is 0 Å². The molecule has 0 spiro atoms. The molecule has 4 nitrogen and oxygen atoms in total. The average Bonchev–Trinajstić information content (AvgIpc) is 2.44. The predicted octanol–water partition coefficient (Wildman–Crippen LogP) is 3.17. The van der Waals surface area contributed by atoms with E-state index in [2.05, 4.69) is 0 Å². The van der Waals surface area contributed by atoms with Crippen molar-refractivity contribution in [2.75, 3.05) is 13.2 Å². The zero-order valence-corrected chi connectivity index (χ0v) is 13.2. The third-order valence-electron chi connectivity index (χ3n) is 2.72. The normalized spacial score (nSPS) is 11.0. The first kappa shape index (κ1) is 17.2. The summed E-state index contributed by atoms with van der Waals surface area (Å²) in [7, 11) is 0. The number of ether oxygens (including phenoxy) is 2. The molecule has 1 aromatic carbocycles. The van der Waals surface area contributed by atoms with Gasteiger partial charge >= 0.3 is 11.9 Å². The van der Waals surface area contributed by atoms with Crippen molar-refractivity contribution < 1.29 is 19.1 Å². The third-order valence-corrected chi connectivity index (χ3v) is 2.72. The van der Waals surface area contributed by atoms with Gasteiger partial charge in [-0.1, -0.05) is 58.0 Å². The monoisotopic (exact) mass is 292 g/mol. The van der Waals surface area contributed by atoms with Gasteiger partial charge in [0.25, 0.3) is 0 Å². The van der Waals surface area contributed by atoms with Gasteiger partial charge in [0, 0.05) is 0 Å². The zero-order valence-electron chi connectivity index (χ0n) is 13.2. The van der Waals surface area contributed by atoms with Crippen LogP contribution in [-0.4, -0.2) is 25.2 Å². The minimum absolute atomic E-state index is 0.219. The molecule has 0 aliphatic rings. The van der Waals surface area contributed by atoms with Crippen molar-refractivity contribution in [2.24, 2.45) is 11.8 Å². The third kappa shape index (κ3) is 5.98. The molecule has 0 fully saturated rings. The van der Waals surface area contributed by atoms with Crippen molar-refractivity contribution in [3.8, 4) is 0 Å². The first-order chi connectivity index (χ1) is 9.91. The maximum atomic E-state index is 12.2. The van der Waals surface area contributed by atoms with Crippen LogP contribution in [0.2, 0.25) is 0 Å². The number of esters is 2. The standard InChI is InChI=1S/C17H24O4/c1-12(2)10-20-16(18)15(14-8-6-5-7-9-14)17(19)21-11-13(3)4/h5-9,12-13,15H,10-11H2,1-4H3. The van der Waals surface area contributed by atoms with Gasteiger partial charge in [0.1, 0.15) is 0 Å². The topological polar surface area (TPSA) is 52.6 Å². The fraction of sp³-hybridized carbons (Fsp3) is 0.529. The molecule has 4 heteroatoms. The van der Waals surface area contributed by atoms with Gasteiger partial charge in [-0.3, -0.25) is 9.59 Å². The number of hydrogen-bond donors (Lipinski definition) is 0. The van der Waals surface area contributed by atoms with Crippen LogP contribution in [0.5, 0.6) is 0 Å². The van der Waals surface area contributed by atoms with E-state index < -0.39 is 17.9 Å². The smallest absolute Gasteiger partial charge is 0.324 e. The summed E-state index contributed by atoms with van der Waals surface area (Å²) in [6.07, 6.45) is 0. The van der Waals surface area contributed by atoms with E-state index in [1.807, 2.05) is 33.8 Å². The quantitative estimate of drug-likeness (QED) is 0.572. The van der Waals surface area contributed by atoms with E-state index in [0.717, 1.165) is 0 Å². The Balaban J connectivity index is 2.84. The second-order valence-electron chi connectivity index (χ2n) is 5.89. The van der Waals surface area contributed by atoms with Gasteiger partial charge in [-0.2, -0.15) is 0 Å². The van der Waals surface area contributed by atoms with E-state index in [-0.39, 0.29) is 11.8 Å². The molecule has 1 aromatic rings. The Morgan fingerprint density at radius 3 is 1.67 bits per heavy atom. The molecule has 1 rings (SSSR count). The maximum absolute atomic E-state index is 12.2. The first-order valence-corrected chi connectivity index (χ1v) is 7.30. The molecule has 21 heavy (non-hydrogen) atoms. The van der Waals surface area contributed by atoms with Gasteiger partial charge < -0.3 is 9.47 Å². The van der Waals surface area contributed by atoms with E-state index in [0.29, 0.717) is 18.8 Å². The Labute approximate surface area is 126 Å². The largest absolute Gasteiger partial charge is 0.465 e. The van der Waals surface area contributed by atoms with Crippen molar-refractivity contribution in [1.82, 2.24) is 0 Å². The summed E-state index contributed by atoms with van der Waals surface area (Å²) in [6, 6.07) is 8.87. The van der Waals surface area contributed by atoms with E-state index in [1.165, 1.54) is 0 Å². The Bertz CT molecular complexity index is 427. The van der Waals surface area contributed by atoms with Gasteiger partial charge in [0.15, 0.2) is 5.92 Å². The number of carbonyl (C=O) groups excluding carboxylic acids is 2. The van der Waals surface area contributed by atoms with Crippen LogP contribution < -0.4 is 0 Å². The van der Waals surface area contributed by atoms with Gasteiger partial charge in [-0.15, -0.1) is 0 Å². The molecule has 0 heterocycles. The molecule has 0 bridgehead atoms. The molecule has 0 amide bonds. The number of hydrogen-bond acceptors (Lipinski definition) is 4. The molecule has 0 N–H and O–H groups in total. The highest BCUT2D eigenvalue weighted by molar-refractivity contribution is 6.00. The summed E-state index contributed by atoms with van der Waals surface area (Å²) in [5.41, 5.74) is 0.597. The highest BCUT2D eigenvalue weighted by Gasteiger charge is 2.31. The van der Waals surface area contributed by atoms with Crippen LogP contribution in [0.15, 0.2) is 30.3 Å². The molecular formula is C17H24O4. The Kier molecular flexibility index (Phi) is 6.92. The molecular weight excluding hydrogens is 268 g/mol. The highest BCUT2D eigenvalue weighted by atomic mass is 16.6. The highest BCUT2D eigenvalue weighted by Crippen LogP contribution is 2.20. The first-order valence-electron chi connectivity index (χ1n) is 7.30. The predicted molar refractivity (Wildman–Crippen MR) is 80.8 cm³/mol. The lowest BCUT2D eigenvalue weighted by molar-refractivity contribution is -0.158. The Morgan fingerprint density at radius 2 is 1.29 bits per heavy atom.